The number of carbonyl (C=O) groups is 3. The second-order valence-corrected chi connectivity index (χ2v) is 6.24. The van der Waals surface area contributed by atoms with E-state index < -0.39 is 11.9 Å². The molecule has 8 nitrogen and oxygen atoms in total. The van der Waals surface area contributed by atoms with E-state index in [0.29, 0.717) is 13.0 Å². The van der Waals surface area contributed by atoms with Gasteiger partial charge < -0.3 is 20.4 Å². The predicted molar refractivity (Wildman–Crippen MR) is 86.6 cm³/mol. The molecule has 3 amide bonds. The fourth-order valence-electron chi connectivity index (χ4n) is 2.62. The van der Waals surface area contributed by atoms with Gasteiger partial charge in [0.1, 0.15) is 11.7 Å². The van der Waals surface area contributed by atoms with E-state index in [2.05, 4.69) is 10.3 Å². The third-order valence-electron chi connectivity index (χ3n) is 3.79. The summed E-state index contributed by atoms with van der Waals surface area (Å²) in [4.78, 5) is 41.6. The molecular weight excluding hydrogens is 332 g/mol. The first-order chi connectivity index (χ1) is 11.6. The van der Waals surface area contributed by atoms with Crippen molar-refractivity contribution in [2.45, 2.75) is 25.3 Å². The van der Waals surface area contributed by atoms with Gasteiger partial charge in [0.25, 0.3) is 11.8 Å². The number of hydrogen-bond acceptors (Lipinski definition) is 6. The minimum Gasteiger partial charge on any atom is -0.459 e. The Kier molecular flexibility index (Phi) is 4.61. The number of nitrogens with two attached hydrogens (primary N) is 1. The van der Waals surface area contributed by atoms with Gasteiger partial charge in [-0.05, 0) is 31.4 Å². The van der Waals surface area contributed by atoms with Crippen LogP contribution in [0.3, 0.4) is 0 Å². The minimum atomic E-state index is -0.654. The Morgan fingerprint density at radius 1 is 1.38 bits per heavy atom. The molecule has 0 aliphatic carbocycles. The van der Waals surface area contributed by atoms with E-state index in [9.17, 15) is 14.4 Å². The molecule has 2 aromatic heterocycles. The molecule has 0 bridgehead atoms. The van der Waals surface area contributed by atoms with Gasteiger partial charge >= 0.3 is 0 Å². The number of rotatable bonds is 4. The molecule has 3 heterocycles. The summed E-state index contributed by atoms with van der Waals surface area (Å²) in [6.45, 7) is 0.488. The topological polar surface area (TPSA) is 119 Å². The molecule has 3 N–H and O–H groups in total. The van der Waals surface area contributed by atoms with Gasteiger partial charge in [0.05, 0.1) is 6.26 Å². The van der Waals surface area contributed by atoms with Crippen LogP contribution in [-0.4, -0.2) is 40.2 Å². The number of aromatic nitrogens is 1. The molecule has 2 aromatic rings. The van der Waals surface area contributed by atoms with Crippen molar-refractivity contribution in [3.8, 4) is 0 Å². The summed E-state index contributed by atoms with van der Waals surface area (Å²) >= 11 is 1.11. The molecule has 0 aromatic carbocycles. The van der Waals surface area contributed by atoms with E-state index >= 15 is 0 Å². The smallest absolute Gasteiger partial charge is 0.290 e. The van der Waals surface area contributed by atoms with Crippen molar-refractivity contribution >= 4 is 34.2 Å². The second-order valence-electron chi connectivity index (χ2n) is 5.38. The maximum Gasteiger partial charge on any atom is 0.290 e. The highest BCUT2D eigenvalue weighted by Crippen LogP contribution is 2.22. The number of hydrogen-bond donors (Lipinski definition) is 2. The van der Waals surface area contributed by atoms with Crippen LogP contribution < -0.4 is 11.1 Å². The van der Waals surface area contributed by atoms with Gasteiger partial charge in [-0.25, -0.2) is 4.98 Å². The number of likely N-dealkylation sites (tertiary alicyclic amines) is 1. The Morgan fingerprint density at radius 2 is 2.21 bits per heavy atom. The van der Waals surface area contributed by atoms with Crippen molar-refractivity contribution in [2.24, 2.45) is 5.73 Å². The molecule has 1 aliphatic rings. The van der Waals surface area contributed by atoms with Gasteiger partial charge in [0.15, 0.2) is 10.9 Å². The summed E-state index contributed by atoms with van der Waals surface area (Å²) in [5.74, 6) is -1.09. The first-order valence-corrected chi connectivity index (χ1v) is 8.35. The van der Waals surface area contributed by atoms with E-state index in [4.69, 9.17) is 10.2 Å². The van der Waals surface area contributed by atoms with Crippen molar-refractivity contribution in [1.29, 1.82) is 0 Å². The Bertz CT molecular complexity index is 755. The van der Waals surface area contributed by atoms with Gasteiger partial charge in [-0.3, -0.25) is 14.4 Å². The number of furan rings is 1. The van der Waals surface area contributed by atoms with Gasteiger partial charge in [0.2, 0.25) is 5.91 Å². The summed E-state index contributed by atoms with van der Waals surface area (Å²) in [5, 5.41) is 4.41. The van der Waals surface area contributed by atoms with Crippen LogP contribution in [0.2, 0.25) is 0 Å². The fourth-order valence-corrected chi connectivity index (χ4v) is 3.32. The molecule has 1 atom stereocenters. The van der Waals surface area contributed by atoms with Crippen molar-refractivity contribution in [3.05, 3.63) is 35.2 Å². The number of anilines is 1. The molecule has 1 unspecified atom stereocenters. The molecular formula is C15H16N4O4S. The molecule has 1 fully saturated rings. The van der Waals surface area contributed by atoms with Crippen molar-refractivity contribution in [3.63, 3.8) is 0 Å². The molecule has 0 spiro atoms. The van der Waals surface area contributed by atoms with Crippen LogP contribution in [-0.2, 0) is 4.79 Å². The Hall–Kier alpha value is -2.68. The lowest BCUT2D eigenvalue weighted by Gasteiger charge is -2.33. The summed E-state index contributed by atoms with van der Waals surface area (Å²) < 4.78 is 5.14. The molecule has 3 rings (SSSR count). The number of amides is 3. The number of carbonyl (C=O) groups excluding carboxylic acids is 3. The molecule has 1 saturated heterocycles. The number of thiazole rings is 1. The molecule has 1 aliphatic heterocycles. The monoisotopic (exact) mass is 348 g/mol. The van der Waals surface area contributed by atoms with Gasteiger partial charge in [-0.15, -0.1) is 11.3 Å². The number of nitrogens with zero attached hydrogens (tertiary/aromatic N) is 2. The van der Waals surface area contributed by atoms with Crippen molar-refractivity contribution in [2.75, 3.05) is 11.9 Å². The first-order valence-electron chi connectivity index (χ1n) is 7.47. The Balaban J connectivity index is 1.73. The van der Waals surface area contributed by atoms with Crippen LogP contribution in [0.15, 0.2) is 28.2 Å². The molecule has 0 saturated carbocycles. The molecule has 126 valence electrons. The zero-order valence-electron chi connectivity index (χ0n) is 12.7. The van der Waals surface area contributed by atoms with Crippen LogP contribution in [0.4, 0.5) is 5.13 Å². The van der Waals surface area contributed by atoms with E-state index in [1.165, 1.54) is 16.5 Å². The largest absolute Gasteiger partial charge is 0.459 e. The maximum absolute atomic E-state index is 12.5. The average Bonchev–Trinajstić information content (AvgIpc) is 3.26. The third-order valence-corrected chi connectivity index (χ3v) is 4.54. The lowest BCUT2D eigenvalue weighted by atomic mass is 10.0. The zero-order valence-corrected chi connectivity index (χ0v) is 13.5. The van der Waals surface area contributed by atoms with Crippen LogP contribution in [0.5, 0.6) is 0 Å². The zero-order chi connectivity index (χ0) is 17.1. The lowest BCUT2D eigenvalue weighted by Crippen LogP contribution is -2.49. The van der Waals surface area contributed by atoms with E-state index in [-0.39, 0.29) is 28.4 Å². The van der Waals surface area contributed by atoms with Crippen LogP contribution in [0, 0.1) is 0 Å². The highest BCUT2D eigenvalue weighted by Gasteiger charge is 2.34. The van der Waals surface area contributed by atoms with Crippen molar-refractivity contribution < 1.29 is 18.8 Å². The van der Waals surface area contributed by atoms with Gasteiger partial charge in [0, 0.05) is 11.9 Å². The standard InChI is InChI=1S/C15H16N4O4S/c16-12(20)9-8-24-15(17-9)18-13(21)10-4-1-2-6-19(10)14(22)11-5-3-7-23-11/h3,5,7-8,10H,1-2,4,6H2,(H2,16,20)(H,17,18,21). The predicted octanol–water partition coefficient (Wildman–Crippen LogP) is 1.47. The summed E-state index contributed by atoms with van der Waals surface area (Å²) in [5.41, 5.74) is 5.25. The van der Waals surface area contributed by atoms with Gasteiger partial charge in [-0.2, -0.15) is 0 Å². The highest BCUT2D eigenvalue weighted by molar-refractivity contribution is 7.14. The Labute approximate surface area is 141 Å². The first kappa shape index (κ1) is 16.2. The van der Waals surface area contributed by atoms with Crippen LogP contribution in [0.1, 0.15) is 40.3 Å². The third kappa shape index (κ3) is 3.30. The molecule has 9 heteroatoms. The minimum absolute atomic E-state index is 0.0995. The fraction of sp³-hybridized carbons (Fsp3) is 0.333. The molecule has 24 heavy (non-hydrogen) atoms. The summed E-state index contributed by atoms with van der Waals surface area (Å²) in [6.07, 6.45) is 3.67. The number of piperidine rings is 1. The Morgan fingerprint density at radius 3 is 2.88 bits per heavy atom. The van der Waals surface area contributed by atoms with Gasteiger partial charge in [-0.1, -0.05) is 0 Å². The van der Waals surface area contributed by atoms with Crippen molar-refractivity contribution in [1.82, 2.24) is 9.88 Å². The van der Waals surface area contributed by atoms with E-state index in [0.717, 1.165) is 24.2 Å². The molecule has 0 radical (unpaired) electrons. The quantitative estimate of drug-likeness (QED) is 0.867. The van der Waals surface area contributed by atoms with E-state index in [1.807, 2.05) is 0 Å². The average molecular weight is 348 g/mol. The second kappa shape index (κ2) is 6.83. The van der Waals surface area contributed by atoms with E-state index in [1.54, 1.807) is 12.1 Å². The maximum atomic E-state index is 12.5. The summed E-state index contributed by atoms with van der Waals surface area (Å²) in [6, 6.07) is 2.61. The SMILES string of the molecule is NC(=O)c1csc(NC(=O)C2CCCCN2C(=O)c2ccco2)n1. The van der Waals surface area contributed by atoms with Crippen LogP contribution >= 0.6 is 11.3 Å². The highest BCUT2D eigenvalue weighted by atomic mass is 32.1. The summed E-state index contributed by atoms with van der Waals surface area (Å²) in [7, 11) is 0. The number of primary amides is 1. The number of nitrogens with one attached hydrogen (secondary N) is 1. The lowest BCUT2D eigenvalue weighted by molar-refractivity contribution is -0.121. The normalized spacial score (nSPS) is 17.5. The van der Waals surface area contributed by atoms with Crippen LogP contribution in [0.25, 0.3) is 0 Å².